The molecule has 0 spiro atoms. The molecule has 1 aromatic heterocycles. The maximum absolute atomic E-state index is 13.1. The maximum Gasteiger partial charge on any atom is 0.293 e. The van der Waals surface area contributed by atoms with Gasteiger partial charge in [0.1, 0.15) is 17.0 Å². The fourth-order valence-corrected chi connectivity index (χ4v) is 3.59. The van der Waals surface area contributed by atoms with Crippen LogP contribution in [0.4, 0.5) is 11.4 Å². The van der Waals surface area contributed by atoms with Gasteiger partial charge in [-0.1, -0.05) is 51.0 Å². The molecule has 0 unspecified atom stereocenters. The molecule has 0 radical (unpaired) electrons. The van der Waals surface area contributed by atoms with Crippen molar-refractivity contribution >= 4 is 34.2 Å². The summed E-state index contributed by atoms with van der Waals surface area (Å²) in [5, 5.41) is 6.49. The van der Waals surface area contributed by atoms with Crippen LogP contribution in [-0.2, 0) is 4.79 Å². The van der Waals surface area contributed by atoms with Gasteiger partial charge in [-0.15, -0.1) is 0 Å². The monoisotopic (exact) mass is 408 g/mol. The van der Waals surface area contributed by atoms with Crippen molar-refractivity contribution in [2.24, 2.45) is 5.92 Å². The average molecular weight is 408 g/mol. The van der Waals surface area contributed by atoms with Crippen LogP contribution < -0.4 is 15.4 Å². The number of hydrogen-bond acceptors (Lipinski definition) is 4. The second-order valence-corrected chi connectivity index (χ2v) is 7.22. The minimum Gasteiger partial charge on any atom is -0.495 e. The Balaban J connectivity index is 1.95. The lowest BCUT2D eigenvalue weighted by Gasteiger charge is -2.15. The first-order chi connectivity index (χ1) is 14.6. The number of anilines is 2. The lowest BCUT2D eigenvalue weighted by molar-refractivity contribution is -0.120. The summed E-state index contributed by atoms with van der Waals surface area (Å²) in [4.78, 5) is 26.0. The van der Waals surface area contributed by atoms with E-state index in [4.69, 9.17) is 9.15 Å². The van der Waals surface area contributed by atoms with E-state index in [9.17, 15) is 9.59 Å². The Morgan fingerprint density at radius 3 is 2.33 bits per heavy atom. The van der Waals surface area contributed by atoms with Crippen LogP contribution in [0.5, 0.6) is 5.75 Å². The van der Waals surface area contributed by atoms with Gasteiger partial charge < -0.3 is 19.8 Å². The summed E-state index contributed by atoms with van der Waals surface area (Å²) in [6.45, 7) is 4.13. The lowest BCUT2D eigenvalue weighted by Crippen LogP contribution is -2.24. The molecule has 1 heterocycles. The molecule has 6 nitrogen and oxygen atoms in total. The summed E-state index contributed by atoms with van der Waals surface area (Å²) in [5.41, 5.74) is 1.47. The number of hydrogen-bond donors (Lipinski definition) is 2. The van der Waals surface area contributed by atoms with E-state index in [1.165, 1.54) is 0 Å². The molecule has 0 bridgehead atoms. The molecule has 0 aliphatic rings. The summed E-state index contributed by atoms with van der Waals surface area (Å²) in [6.07, 6.45) is 3.45. The molecule has 0 aliphatic carbocycles. The molecule has 6 heteroatoms. The Bertz CT molecular complexity index is 1020. The number of rotatable bonds is 9. The molecule has 30 heavy (non-hydrogen) atoms. The summed E-state index contributed by atoms with van der Waals surface area (Å²) in [5.74, 6) is -0.0235. The standard InChI is InChI=1S/C24H28N2O4/c1-4-10-16(11-5-2)23(27)26-21-17-12-6-8-14-19(17)30-22(21)24(28)25-18-13-7-9-15-20(18)29-3/h6-9,12-16H,4-5,10-11H2,1-3H3,(H,25,28)(H,26,27). The van der Waals surface area contributed by atoms with Crippen LogP contribution in [0.1, 0.15) is 50.1 Å². The third-order valence-electron chi connectivity index (χ3n) is 5.05. The zero-order valence-electron chi connectivity index (χ0n) is 17.7. The number of ether oxygens (including phenoxy) is 1. The normalized spacial score (nSPS) is 10.9. The van der Waals surface area contributed by atoms with Crippen molar-refractivity contribution in [3.05, 3.63) is 54.3 Å². The third-order valence-corrected chi connectivity index (χ3v) is 5.05. The van der Waals surface area contributed by atoms with Gasteiger partial charge in [0.15, 0.2) is 0 Å². The van der Waals surface area contributed by atoms with Crippen molar-refractivity contribution in [1.82, 2.24) is 0 Å². The average Bonchev–Trinajstić information content (AvgIpc) is 3.12. The zero-order chi connectivity index (χ0) is 21.5. The van der Waals surface area contributed by atoms with Crippen LogP contribution in [0.25, 0.3) is 11.0 Å². The van der Waals surface area contributed by atoms with E-state index in [0.717, 1.165) is 25.7 Å². The highest BCUT2D eigenvalue weighted by atomic mass is 16.5. The molecular formula is C24H28N2O4. The number of carbonyl (C=O) groups is 2. The van der Waals surface area contributed by atoms with E-state index in [2.05, 4.69) is 24.5 Å². The molecule has 0 fully saturated rings. The molecule has 2 amide bonds. The van der Waals surface area contributed by atoms with Crippen molar-refractivity contribution < 1.29 is 18.7 Å². The number of para-hydroxylation sites is 3. The van der Waals surface area contributed by atoms with E-state index in [0.29, 0.717) is 28.1 Å². The van der Waals surface area contributed by atoms with Crippen LogP contribution in [0.3, 0.4) is 0 Å². The Morgan fingerprint density at radius 1 is 0.967 bits per heavy atom. The second-order valence-electron chi connectivity index (χ2n) is 7.22. The molecule has 3 rings (SSSR count). The Labute approximate surface area is 176 Å². The van der Waals surface area contributed by atoms with E-state index >= 15 is 0 Å². The summed E-state index contributed by atoms with van der Waals surface area (Å²) in [6, 6.07) is 14.4. The number of nitrogens with one attached hydrogen (secondary N) is 2. The molecule has 2 aromatic carbocycles. The fourth-order valence-electron chi connectivity index (χ4n) is 3.59. The van der Waals surface area contributed by atoms with Gasteiger partial charge in [0.25, 0.3) is 5.91 Å². The van der Waals surface area contributed by atoms with Crippen LogP contribution in [-0.4, -0.2) is 18.9 Å². The topological polar surface area (TPSA) is 80.6 Å². The van der Waals surface area contributed by atoms with Gasteiger partial charge in [-0.05, 0) is 37.1 Å². The number of carbonyl (C=O) groups excluding carboxylic acids is 2. The quantitative estimate of drug-likeness (QED) is 0.465. The molecule has 2 N–H and O–H groups in total. The molecule has 0 saturated carbocycles. The SMILES string of the molecule is CCCC(CCC)C(=O)Nc1c(C(=O)Nc2ccccc2OC)oc2ccccc12. The molecule has 0 aliphatic heterocycles. The summed E-state index contributed by atoms with van der Waals surface area (Å²) in [7, 11) is 1.54. The molecule has 0 saturated heterocycles. The summed E-state index contributed by atoms with van der Waals surface area (Å²) >= 11 is 0. The first-order valence-corrected chi connectivity index (χ1v) is 10.4. The van der Waals surface area contributed by atoms with Crippen LogP contribution in [0.15, 0.2) is 52.9 Å². The largest absolute Gasteiger partial charge is 0.495 e. The minimum atomic E-state index is -0.450. The second kappa shape index (κ2) is 9.96. The smallest absolute Gasteiger partial charge is 0.293 e. The van der Waals surface area contributed by atoms with Gasteiger partial charge in [-0.2, -0.15) is 0 Å². The Morgan fingerprint density at radius 2 is 1.63 bits per heavy atom. The summed E-state index contributed by atoms with van der Waals surface area (Å²) < 4.78 is 11.1. The Kier molecular flexibility index (Phi) is 7.12. The molecular weight excluding hydrogens is 380 g/mol. The number of fused-ring (bicyclic) bond motifs is 1. The van der Waals surface area contributed by atoms with Gasteiger partial charge in [-0.25, -0.2) is 0 Å². The van der Waals surface area contributed by atoms with Crippen LogP contribution in [0, 0.1) is 5.92 Å². The van der Waals surface area contributed by atoms with Crippen LogP contribution >= 0.6 is 0 Å². The zero-order valence-corrected chi connectivity index (χ0v) is 17.7. The highest BCUT2D eigenvalue weighted by Gasteiger charge is 2.25. The highest BCUT2D eigenvalue weighted by Crippen LogP contribution is 2.33. The first-order valence-electron chi connectivity index (χ1n) is 10.4. The van der Waals surface area contributed by atoms with Crippen molar-refractivity contribution in [3.8, 4) is 5.75 Å². The number of amides is 2. The number of methoxy groups -OCH3 is 1. The van der Waals surface area contributed by atoms with Crippen molar-refractivity contribution in [2.75, 3.05) is 17.7 Å². The van der Waals surface area contributed by atoms with Crippen LogP contribution in [0.2, 0.25) is 0 Å². The molecule has 0 atom stereocenters. The van der Waals surface area contributed by atoms with Crippen molar-refractivity contribution in [1.29, 1.82) is 0 Å². The van der Waals surface area contributed by atoms with Gasteiger partial charge >= 0.3 is 0 Å². The Hall–Kier alpha value is -3.28. The van der Waals surface area contributed by atoms with E-state index in [-0.39, 0.29) is 17.6 Å². The predicted molar refractivity (Wildman–Crippen MR) is 119 cm³/mol. The fraction of sp³-hybridized carbons (Fsp3) is 0.333. The van der Waals surface area contributed by atoms with Gasteiger partial charge in [0.2, 0.25) is 11.7 Å². The number of benzene rings is 2. The van der Waals surface area contributed by atoms with E-state index in [1.54, 1.807) is 31.4 Å². The minimum absolute atomic E-state index is 0.0715. The van der Waals surface area contributed by atoms with Crippen molar-refractivity contribution in [2.45, 2.75) is 39.5 Å². The van der Waals surface area contributed by atoms with Gasteiger partial charge in [0, 0.05) is 11.3 Å². The van der Waals surface area contributed by atoms with Crippen molar-refractivity contribution in [3.63, 3.8) is 0 Å². The van der Waals surface area contributed by atoms with Gasteiger partial charge in [0.05, 0.1) is 12.8 Å². The molecule has 158 valence electrons. The first kappa shape index (κ1) is 21.4. The third kappa shape index (κ3) is 4.64. The highest BCUT2D eigenvalue weighted by molar-refractivity contribution is 6.15. The number of furan rings is 1. The predicted octanol–water partition coefficient (Wildman–Crippen LogP) is 5.85. The maximum atomic E-state index is 13.1. The van der Waals surface area contributed by atoms with E-state index < -0.39 is 5.91 Å². The van der Waals surface area contributed by atoms with E-state index in [1.807, 2.05) is 24.3 Å². The lowest BCUT2D eigenvalue weighted by atomic mass is 9.97. The molecule has 3 aromatic rings. The van der Waals surface area contributed by atoms with Gasteiger partial charge in [-0.3, -0.25) is 9.59 Å².